The molecule has 19 heavy (non-hydrogen) atoms. The molecule has 3 rings (SSSR count). The van der Waals surface area contributed by atoms with Gasteiger partial charge in [0.1, 0.15) is 17.7 Å². The summed E-state index contributed by atoms with van der Waals surface area (Å²) >= 11 is 8.49. The van der Waals surface area contributed by atoms with Crippen LogP contribution in [0.2, 0.25) is 5.15 Å². The van der Waals surface area contributed by atoms with Crippen LogP contribution in [0.5, 0.6) is 0 Å². The second kappa shape index (κ2) is 6.15. The van der Waals surface area contributed by atoms with Crippen LogP contribution in [0.15, 0.2) is 12.5 Å². The van der Waals surface area contributed by atoms with Crippen LogP contribution in [0.3, 0.4) is 0 Å². The molecule has 0 amide bonds. The minimum absolute atomic E-state index is 0.471. The second-order valence-corrected chi connectivity index (χ2v) is 7.40. The van der Waals surface area contributed by atoms with Gasteiger partial charge in [0.2, 0.25) is 0 Å². The molecule has 0 aromatic heterocycles. The van der Waals surface area contributed by atoms with Crippen LogP contribution in [0, 0.1) is 0 Å². The van der Waals surface area contributed by atoms with Gasteiger partial charge in [-0.15, -0.1) is 0 Å². The molecule has 7 heteroatoms. The molecule has 0 unspecified atom stereocenters. The Morgan fingerprint density at radius 1 is 1.47 bits per heavy atom. The van der Waals surface area contributed by atoms with Gasteiger partial charge in [0.25, 0.3) is 0 Å². The number of aromatic nitrogens is 3. The highest BCUT2D eigenvalue weighted by atomic mass is 127. The van der Waals surface area contributed by atoms with E-state index in [1.807, 2.05) is 10.8 Å². The summed E-state index contributed by atoms with van der Waals surface area (Å²) in [6.45, 7) is 1.19. The third-order valence-electron chi connectivity index (χ3n) is 3.18. The summed E-state index contributed by atoms with van der Waals surface area (Å²) in [6.07, 6.45) is 6.10. The third-order valence-corrected chi connectivity index (χ3v) is 5.11. The third kappa shape index (κ3) is 3.01. The molecular weight excluding hydrogens is 397 g/mol. The molecule has 102 valence electrons. The highest BCUT2D eigenvalue weighted by molar-refractivity contribution is 14.2. The van der Waals surface area contributed by atoms with E-state index in [1.165, 1.54) is 18.4 Å². The van der Waals surface area contributed by atoms with E-state index in [4.69, 9.17) is 16.3 Å². The Labute approximate surface area is 133 Å². The number of hydrogen-bond acceptors (Lipinski definition) is 4. The van der Waals surface area contributed by atoms with E-state index < -0.39 is 0 Å². The van der Waals surface area contributed by atoms with Gasteiger partial charge in [-0.2, -0.15) is 0 Å². The number of nitrogens with zero attached hydrogens (tertiary/aromatic N) is 3. The molecule has 0 N–H and O–H groups in total. The van der Waals surface area contributed by atoms with Crippen molar-refractivity contribution in [1.29, 1.82) is 0 Å². The van der Waals surface area contributed by atoms with Crippen LogP contribution < -0.4 is 0 Å². The first-order valence-electron chi connectivity index (χ1n) is 6.11. The molecule has 0 radical (unpaired) electrons. The van der Waals surface area contributed by atoms with Gasteiger partial charge in [-0.3, -0.25) is 4.57 Å². The fourth-order valence-corrected chi connectivity index (χ4v) is 3.07. The molecule has 1 aliphatic carbocycles. The zero-order valence-corrected chi connectivity index (χ0v) is 13.9. The quantitative estimate of drug-likeness (QED) is 0.411. The van der Waals surface area contributed by atoms with Gasteiger partial charge in [-0.1, -0.05) is 20.5 Å². The monoisotopic (exact) mass is 409 g/mol. The van der Waals surface area contributed by atoms with Gasteiger partial charge in [0.15, 0.2) is 0 Å². The Morgan fingerprint density at radius 2 is 2.32 bits per heavy atom. The van der Waals surface area contributed by atoms with Crippen LogP contribution in [0.4, 0.5) is 0 Å². The summed E-state index contributed by atoms with van der Waals surface area (Å²) in [4.78, 5) is 8.74. The Hall–Kier alpha value is -0.0500. The number of hydrogen-bond donors (Lipinski definition) is 0. The molecule has 2 heterocycles. The first-order valence-corrected chi connectivity index (χ1v) is 10.0. The average molecular weight is 410 g/mol. The smallest absolute Gasteiger partial charge is 0.146 e. The average Bonchev–Trinajstić information content (AvgIpc) is 3.16. The summed E-state index contributed by atoms with van der Waals surface area (Å²) in [6, 6.07) is 0. The highest BCUT2D eigenvalue weighted by Gasteiger charge is 2.31. The second-order valence-electron chi connectivity index (χ2n) is 4.54. The summed E-state index contributed by atoms with van der Waals surface area (Å²) in [5.74, 6) is 2.48. The van der Waals surface area contributed by atoms with Crippen molar-refractivity contribution in [2.24, 2.45) is 0 Å². The van der Waals surface area contributed by atoms with Crippen LogP contribution >= 0.6 is 41.7 Å². The fourth-order valence-electron chi connectivity index (χ4n) is 2.11. The molecule has 0 bridgehead atoms. The van der Waals surface area contributed by atoms with Crippen molar-refractivity contribution in [1.82, 2.24) is 14.5 Å². The topological polar surface area (TPSA) is 39.9 Å². The highest BCUT2D eigenvalue weighted by Crippen LogP contribution is 2.46. The molecule has 0 saturated heterocycles. The summed E-state index contributed by atoms with van der Waals surface area (Å²) in [5, 5.41) is 0.550. The van der Waals surface area contributed by atoms with Gasteiger partial charge >= 0.3 is 0 Å². The predicted molar refractivity (Wildman–Crippen MR) is 86.1 cm³/mol. The van der Waals surface area contributed by atoms with E-state index in [0.717, 1.165) is 23.7 Å². The minimum Gasteiger partial charge on any atom is -0.360 e. The van der Waals surface area contributed by atoms with Crippen LogP contribution in [0.1, 0.15) is 24.3 Å². The Kier molecular flexibility index (Phi) is 4.51. The maximum atomic E-state index is 6.22. The van der Waals surface area contributed by atoms with E-state index in [-0.39, 0.29) is 0 Å². The van der Waals surface area contributed by atoms with Gasteiger partial charge < -0.3 is 4.74 Å². The lowest BCUT2D eigenvalue weighted by Gasteiger charge is -2.13. The molecular formula is C12H13ClIN3OS. The van der Waals surface area contributed by atoms with Crippen molar-refractivity contribution in [3.63, 3.8) is 0 Å². The summed E-state index contributed by atoms with van der Waals surface area (Å²) in [5.41, 5.74) is 2.24. The molecule has 0 atom stereocenters. The zero-order chi connectivity index (χ0) is 13.2. The van der Waals surface area contributed by atoms with Crippen molar-refractivity contribution in [3.8, 4) is 11.4 Å². The van der Waals surface area contributed by atoms with Crippen molar-refractivity contribution in [3.05, 3.63) is 23.2 Å². The van der Waals surface area contributed by atoms with Crippen molar-refractivity contribution < 1.29 is 4.74 Å². The molecule has 2 aliphatic heterocycles. The van der Waals surface area contributed by atoms with E-state index in [9.17, 15) is 0 Å². The Morgan fingerprint density at radius 3 is 3.05 bits per heavy atom. The lowest BCUT2D eigenvalue weighted by molar-refractivity contribution is 0.0896. The SMILES string of the molecule is Clc1ncn(COCCSI)c2ncc(C3CC3)c1-2. The Bertz CT molecular complexity index is 546. The van der Waals surface area contributed by atoms with E-state index in [0.29, 0.717) is 17.8 Å². The number of rotatable bonds is 6. The molecule has 3 aliphatic rings. The van der Waals surface area contributed by atoms with E-state index in [2.05, 4.69) is 31.2 Å². The summed E-state index contributed by atoms with van der Waals surface area (Å²) < 4.78 is 7.53. The number of fused-ring (bicyclic) bond motifs is 1. The van der Waals surface area contributed by atoms with Crippen molar-refractivity contribution in [2.75, 3.05) is 12.4 Å². The van der Waals surface area contributed by atoms with Gasteiger partial charge in [-0.05, 0) is 45.5 Å². The minimum atomic E-state index is 0.471. The van der Waals surface area contributed by atoms with Crippen molar-refractivity contribution in [2.45, 2.75) is 25.5 Å². The van der Waals surface area contributed by atoms with E-state index in [1.54, 1.807) is 15.3 Å². The standard InChI is InChI=1S/C12H13ClIN3OS/c13-11-10-9(8-1-2-8)5-15-12(10)17(6-16-11)7-18-3-4-19-14/h5-6,8H,1-4,7H2. The van der Waals surface area contributed by atoms with Crippen LogP contribution in [-0.4, -0.2) is 26.9 Å². The largest absolute Gasteiger partial charge is 0.360 e. The van der Waals surface area contributed by atoms with Crippen LogP contribution in [0.25, 0.3) is 11.4 Å². The lowest BCUT2D eigenvalue weighted by atomic mass is 10.1. The summed E-state index contributed by atoms with van der Waals surface area (Å²) in [7, 11) is 1.74. The lowest BCUT2D eigenvalue weighted by Crippen LogP contribution is -2.10. The first-order chi connectivity index (χ1) is 9.31. The molecule has 0 aromatic rings. The van der Waals surface area contributed by atoms with Gasteiger partial charge in [-0.25, -0.2) is 9.97 Å². The molecule has 0 aromatic carbocycles. The van der Waals surface area contributed by atoms with E-state index >= 15 is 0 Å². The van der Waals surface area contributed by atoms with Crippen LogP contribution in [-0.2, 0) is 11.5 Å². The maximum Gasteiger partial charge on any atom is 0.146 e. The molecule has 4 nitrogen and oxygen atoms in total. The van der Waals surface area contributed by atoms with Gasteiger partial charge in [0.05, 0.1) is 18.5 Å². The fraction of sp³-hybridized carbons (Fsp3) is 0.500. The normalized spacial score (nSPS) is 15.3. The molecule has 0 spiro atoms. The molecule has 1 saturated carbocycles. The van der Waals surface area contributed by atoms with Gasteiger partial charge in [0, 0.05) is 11.9 Å². The zero-order valence-electron chi connectivity index (χ0n) is 10.2. The maximum absolute atomic E-state index is 6.22. The Balaban J connectivity index is 1.81. The molecule has 1 fully saturated rings. The predicted octanol–water partition coefficient (Wildman–Crippen LogP) is 3.97. The van der Waals surface area contributed by atoms with Crippen molar-refractivity contribution >= 4 is 41.7 Å². The first kappa shape index (κ1) is 13.9. The number of halogens is 2. The number of ether oxygens (including phenoxy) is 1.